The van der Waals surface area contributed by atoms with Gasteiger partial charge in [0.25, 0.3) is 0 Å². The first-order valence-corrected chi connectivity index (χ1v) is 9.64. The second-order valence-corrected chi connectivity index (χ2v) is 7.54. The molecule has 2 heterocycles. The van der Waals surface area contributed by atoms with Crippen LogP contribution in [-0.2, 0) is 0 Å². The van der Waals surface area contributed by atoms with E-state index in [0.717, 1.165) is 0 Å². The van der Waals surface area contributed by atoms with Gasteiger partial charge in [0.2, 0.25) is 0 Å². The quantitative estimate of drug-likeness (QED) is 0.609. The molecule has 0 bridgehead atoms. The number of nitriles is 2. The fourth-order valence-electron chi connectivity index (χ4n) is 4.20. The van der Waals surface area contributed by atoms with Gasteiger partial charge in [0.15, 0.2) is 11.6 Å². The van der Waals surface area contributed by atoms with Crippen molar-refractivity contribution in [1.29, 1.82) is 10.5 Å². The normalized spacial score (nSPS) is 18.9. The Hall–Kier alpha value is -4.50. The van der Waals surface area contributed by atoms with Crippen LogP contribution in [0.3, 0.4) is 0 Å². The van der Waals surface area contributed by atoms with Crippen molar-refractivity contribution in [3.05, 3.63) is 104 Å². The van der Waals surface area contributed by atoms with Crippen molar-refractivity contribution < 1.29 is 9.59 Å². The summed E-state index contributed by atoms with van der Waals surface area (Å²) in [7, 11) is 0. The molecule has 8 heteroatoms. The van der Waals surface area contributed by atoms with Crippen LogP contribution >= 0.6 is 0 Å². The van der Waals surface area contributed by atoms with Crippen molar-refractivity contribution in [3.8, 4) is 12.1 Å². The second kappa shape index (κ2) is 7.03. The highest BCUT2D eigenvalue weighted by molar-refractivity contribution is 6.12. The molecule has 2 aliphatic heterocycles. The number of carbonyl (C=O) groups is 2. The molecule has 3 aromatic carbocycles. The molecule has 0 saturated carbocycles. The maximum absolute atomic E-state index is 12.8. The van der Waals surface area contributed by atoms with Gasteiger partial charge in [0, 0.05) is 22.5 Å². The van der Waals surface area contributed by atoms with Gasteiger partial charge in [0.1, 0.15) is 12.1 Å². The van der Waals surface area contributed by atoms with Crippen LogP contribution in [0, 0.1) is 33.1 Å². The molecule has 5 rings (SSSR count). The van der Waals surface area contributed by atoms with E-state index in [0.29, 0.717) is 21.3 Å². The predicted molar refractivity (Wildman–Crippen MR) is 115 cm³/mol. The lowest BCUT2D eigenvalue weighted by Gasteiger charge is -2.34. The molecule has 2 unspecified atom stereocenters. The molecule has 0 amide bonds. The van der Waals surface area contributed by atoms with Crippen molar-refractivity contribution in [2.75, 3.05) is 10.1 Å². The van der Waals surface area contributed by atoms with Crippen molar-refractivity contribution in [2.24, 2.45) is 0 Å². The van der Waals surface area contributed by atoms with Gasteiger partial charge < -0.3 is 20.5 Å². The predicted octanol–water partition coefficient (Wildman–Crippen LogP) is 3.91. The van der Waals surface area contributed by atoms with Crippen LogP contribution in [0.1, 0.15) is 55.1 Å². The van der Waals surface area contributed by atoms with Gasteiger partial charge in [-0.3, -0.25) is 9.59 Å². The number of hydrogen-bond acceptors (Lipinski definition) is 8. The Balaban J connectivity index is 1.46. The van der Waals surface area contributed by atoms with Crippen molar-refractivity contribution in [1.82, 2.24) is 0 Å². The van der Waals surface area contributed by atoms with Gasteiger partial charge >= 0.3 is 0 Å². The van der Waals surface area contributed by atoms with E-state index in [2.05, 4.69) is 0 Å². The van der Waals surface area contributed by atoms with Gasteiger partial charge in [-0.15, -0.1) is 0 Å². The number of carbonyl (C=O) groups excluding carboxylic acids is 2. The number of nitrogens with zero attached hydrogens (tertiary/aromatic N) is 4. The average molecular weight is 420 g/mol. The van der Waals surface area contributed by atoms with E-state index in [1.807, 2.05) is 12.1 Å². The zero-order valence-electron chi connectivity index (χ0n) is 16.4. The first-order chi connectivity index (χ1) is 15.4. The zero-order chi connectivity index (χ0) is 22.6. The number of hydrogen-bond donors (Lipinski definition) is 0. The summed E-state index contributed by atoms with van der Waals surface area (Å²) in [4.78, 5) is 25.6. The summed E-state index contributed by atoms with van der Waals surface area (Å²) in [5, 5.41) is 44.8. The van der Waals surface area contributed by atoms with E-state index >= 15 is 0 Å². The SMILES string of the molecule is N#Cc1ccc2c(c1)N([O-])C(c1ccc(C3C(=O)c4ccc(C#N)cc4N3[O-])cc1)C2=O. The lowest BCUT2D eigenvalue weighted by atomic mass is 9.96. The minimum Gasteiger partial charge on any atom is -0.758 e. The third-order valence-electron chi connectivity index (χ3n) is 5.79. The third-order valence-corrected chi connectivity index (χ3v) is 5.79. The number of ketones is 2. The van der Waals surface area contributed by atoms with Crippen LogP contribution in [0.25, 0.3) is 0 Å². The van der Waals surface area contributed by atoms with Crippen LogP contribution in [-0.4, -0.2) is 11.6 Å². The highest BCUT2D eigenvalue weighted by Gasteiger charge is 2.36. The lowest BCUT2D eigenvalue weighted by Crippen LogP contribution is -2.23. The molecule has 0 N–H and O–H groups in total. The Morgan fingerprint density at radius 3 is 1.38 bits per heavy atom. The maximum atomic E-state index is 12.8. The van der Waals surface area contributed by atoms with Crippen LogP contribution < -0.4 is 10.1 Å². The molecule has 8 nitrogen and oxygen atoms in total. The molecule has 32 heavy (non-hydrogen) atoms. The number of Topliss-reactive ketones (excluding diaryl/α,β-unsaturated/α-hetero) is 2. The van der Waals surface area contributed by atoms with Gasteiger partial charge in [-0.1, -0.05) is 24.3 Å². The van der Waals surface area contributed by atoms with Crippen LogP contribution in [0.5, 0.6) is 0 Å². The van der Waals surface area contributed by atoms with E-state index in [-0.39, 0.29) is 45.2 Å². The van der Waals surface area contributed by atoms with E-state index < -0.39 is 12.1 Å². The highest BCUT2D eigenvalue weighted by atomic mass is 16.5. The molecular weight excluding hydrogens is 408 g/mol. The van der Waals surface area contributed by atoms with Gasteiger partial charge in [-0.05, 0) is 47.5 Å². The minimum absolute atomic E-state index is 0.142. The van der Waals surface area contributed by atoms with Crippen LogP contribution in [0.2, 0.25) is 0 Å². The Bertz CT molecular complexity index is 1280. The fourth-order valence-corrected chi connectivity index (χ4v) is 4.20. The molecule has 2 atom stereocenters. The molecule has 0 radical (unpaired) electrons. The third kappa shape index (κ3) is 2.69. The summed E-state index contributed by atoms with van der Waals surface area (Å²) in [6.45, 7) is 0. The lowest BCUT2D eigenvalue weighted by molar-refractivity contribution is 0.0964. The first-order valence-electron chi connectivity index (χ1n) is 9.64. The molecule has 0 saturated heterocycles. The van der Waals surface area contributed by atoms with Gasteiger partial charge in [0.05, 0.1) is 23.3 Å². The molecule has 0 fully saturated rings. The molecule has 0 aromatic heterocycles. The molecule has 154 valence electrons. The summed E-state index contributed by atoms with van der Waals surface area (Å²) >= 11 is 0. The Kier molecular flexibility index (Phi) is 4.28. The minimum atomic E-state index is -1.11. The Morgan fingerprint density at radius 1 is 0.656 bits per heavy atom. The van der Waals surface area contributed by atoms with Gasteiger partial charge in [-0.2, -0.15) is 10.5 Å². The topological polar surface area (TPSA) is 134 Å². The van der Waals surface area contributed by atoms with E-state index in [1.165, 1.54) is 36.4 Å². The maximum Gasteiger partial charge on any atom is 0.191 e. The first kappa shape index (κ1) is 19.5. The summed E-state index contributed by atoms with van der Waals surface area (Å²) in [6, 6.07) is 16.5. The van der Waals surface area contributed by atoms with Crippen LogP contribution in [0.4, 0.5) is 11.4 Å². The monoisotopic (exact) mass is 420 g/mol. The average Bonchev–Trinajstić information content (AvgIpc) is 3.22. The number of benzene rings is 3. The van der Waals surface area contributed by atoms with Gasteiger partial charge in [-0.25, -0.2) is 0 Å². The highest BCUT2D eigenvalue weighted by Crippen LogP contribution is 2.42. The molecular formula is C24H12N4O4-2. The summed E-state index contributed by atoms with van der Waals surface area (Å²) < 4.78 is 0. The number of hydroxylamine groups is 2. The van der Waals surface area contributed by atoms with Crippen LogP contribution in [0.15, 0.2) is 60.7 Å². The number of rotatable bonds is 2. The van der Waals surface area contributed by atoms with Crippen molar-refractivity contribution >= 4 is 22.9 Å². The smallest absolute Gasteiger partial charge is 0.191 e. The molecule has 3 aromatic rings. The molecule has 0 spiro atoms. The van der Waals surface area contributed by atoms with E-state index in [9.17, 15) is 20.0 Å². The fraction of sp³-hybridized carbons (Fsp3) is 0.0833. The van der Waals surface area contributed by atoms with E-state index in [1.54, 1.807) is 24.3 Å². The molecule has 2 aliphatic rings. The number of anilines is 2. The zero-order valence-corrected chi connectivity index (χ0v) is 16.4. The molecule has 0 aliphatic carbocycles. The summed E-state index contributed by atoms with van der Waals surface area (Å²) in [6.07, 6.45) is 0. The largest absolute Gasteiger partial charge is 0.758 e. The standard InChI is InChI=1S/C24H12N4O4/c25-11-13-1-7-17-19(9-13)27(31)21(23(17)29)15-3-5-16(6-4-15)22-24(30)18-8-2-14(12-26)10-20(18)28(22)32/h1-10,21-22H/q-2. The second-order valence-electron chi connectivity index (χ2n) is 7.54. The van der Waals surface area contributed by atoms with E-state index in [4.69, 9.17) is 10.5 Å². The Morgan fingerprint density at radius 2 is 1.03 bits per heavy atom. The number of fused-ring (bicyclic) bond motifs is 2. The Labute approximate surface area is 182 Å². The summed E-state index contributed by atoms with van der Waals surface area (Å²) in [5.41, 5.74) is 2.16. The summed E-state index contributed by atoms with van der Waals surface area (Å²) in [5.74, 6) is -0.767. The van der Waals surface area contributed by atoms with Crippen molar-refractivity contribution in [2.45, 2.75) is 12.1 Å². The van der Waals surface area contributed by atoms with Crippen molar-refractivity contribution in [3.63, 3.8) is 0 Å².